The minimum absolute atomic E-state index is 0.0845. The second-order valence-electron chi connectivity index (χ2n) is 4.25. The molecule has 2 aromatic rings. The Bertz CT molecular complexity index is 642. The van der Waals surface area contributed by atoms with E-state index in [1.165, 1.54) is 11.9 Å². The van der Waals surface area contributed by atoms with Crippen molar-refractivity contribution in [3.63, 3.8) is 0 Å². The van der Waals surface area contributed by atoms with Crippen LogP contribution in [0.1, 0.15) is 13.8 Å². The third kappa shape index (κ3) is 3.72. The topological polar surface area (TPSA) is 88.4 Å². The summed E-state index contributed by atoms with van der Waals surface area (Å²) in [7, 11) is 1.31. The first-order chi connectivity index (χ1) is 10.7. The van der Waals surface area contributed by atoms with E-state index in [1.807, 2.05) is 19.9 Å². The maximum absolute atomic E-state index is 11.2. The Hall–Kier alpha value is -2.64. The van der Waals surface area contributed by atoms with Gasteiger partial charge >= 0.3 is 5.97 Å². The molecule has 2 rings (SSSR count). The molecule has 0 amide bonds. The third-order valence-corrected chi connectivity index (χ3v) is 2.75. The van der Waals surface area contributed by atoms with Crippen molar-refractivity contribution >= 4 is 5.97 Å². The Kier molecular flexibility index (Phi) is 5.29. The normalized spacial score (nSPS) is 10.3. The first kappa shape index (κ1) is 15.7. The first-order valence-electron chi connectivity index (χ1n) is 6.92. The van der Waals surface area contributed by atoms with Crippen molar-refractivity contribution < 1.29 is 19.0 Å². The molecular formula is C14H18N4O4. The summed E-state index contributed by atoms with van der Waals surface area (Å²) in [4.78, 5) is 12.4. The molecule has 0 bridgehead atoms. The second kappa shape index (κ2) is 7.39. The van der Waals surface area contributed by atoms with Gasteiger partial charge in [-0.3, -0.25) is 0 Å². The molecular weight excluding hydrogens is 288 g/mol. The van der Waals surface area contributed by atoms with Crippen LogP contribution in [0.5, 0.6) is 11.5 Å². The van der Waals surface area contributed by atoms with Crippen LogP contribution in [0.4, 0.5) is 0 Å². The number of nitrogens with zero attached hydrogens (tertiary/aromatic N) is 4. The number of aromatic nitrogens is 4. The summed E-state index contributed by atoms with van der Waals surface area (Å²) in [6, 6.07) is 5.39. The Balaban J connectivity index is 2.24. The summed E-state index contributed by atoms with van der Waals surface area (Å²) in [6.07, 6.45) is 0. The highest BCUT2D eigenvalue weighted by Crippen LogP contribution is 2.31. The average molecular weight is 306 g/mol. The van der Waals surface area contributed by atoms with Gasteiger partial charge in [0.2, 0.25) is 5.82 Å². The van der Waals surface area contributed by atoms with E-state index < -0.39 is 5.97 Å². The van der Waals surface area contributed by atoms with Gasteiger partial charge in [-0.05, 0) is 37.3 Å². The van der Waals surface area contributed by atoms with Gasteiger partial charge in [0.15, 0.2) is 18.0 Å². The lowest BCUT2D eigenvalue weighted by Crippen LogP contribution is -2.14. The highest BCUT2D eigenvalue weighted by molar-refractivity contribution is 5.68. The van der Waals surface area contributed by atoms with E-state index in [4.69, 9.17) is 9.47 Å². The van der Waals surface area contributed by atoms with Crippen LogP contribution in [0.3, 0.4) is 0 Å². The molecule has 0 saturated heterocycles. The summed E-state index contributed by atoms with van der Waals surface area (Å²) in [6.45, 7) is 4.79. The standard InChI is InChI=1S/C14H18N4O4/c1-4-21-11-7-6-10(8-12(11)22-5-2)14-15-17-18(16-14)9-13(19)20-3/h6-8H,4-5,9H2,1-3H3. The molecule has 118 valence electrons. The second-order valence-corrected chi connectivity index (χ2v) is 4.25. The monoisotopic (exact) mass is 306 g/mol. The Morgan fingerprint density at radius 1 is 1.18 bits per heavy atom. The van der Waals surface area contributed by atoms with E-state index >= 15 is 0 Å². The van der Waals surface area contributed by atoms with Gasteiger partial charge in [0.1, 0.15) is 0 Å². The summed E-state index contributed by atoms with van der Waals surface area (Å²) >= 11 is 0. The van der Waals surface area contributed by atoms with Gasteiger partial charge in [-0.25, -0.2) is 4.79 Å². The van der Waals surface area contributed by atoms with Crippen LogP contribution in [0.15, 0.2) is 18.2 Å². The number of hydrogen-bond acceptors (Lipinski definition) is 7. The Morgan fingerprint density at radius 2 is 1.91 bits per heavy atom. The van der Waals surface area contributed by atoms with Crippen LogP contribution < -0.4 is 9.47 Å². The van der Waals surface area contributed by atoms with Crippen LogP contribution in [0, 0.1) is 0 Å². The summed E-state index contributed by atoms with van der Waals surface area (Å²) in [5.74, 6) is 1.24. The van der Waals surface area contributed by atoms with Crippen molar-refractivity contribution in [2.45, 2.75) is 20.4 Å². The van der Waals surface area contributed by atoms with Crippen LogP contribution in [0.25, 0.3) is 11.4 Å². The Morgan fingerprint density at radius 3 is 2.59 bits per heavy atom. The third-order valence-electron chi connectivity index (χ3n) is 2.75. The van der Waals surface area contributed by atoms with Gasteiger partial charge in [-0.2, -0.15) is 4.80 Å². The van der Waals surface area contributed by atoms with Crippen LogP contribution in [-0.2, 0) is 16.1 Å². The highest BCUT2D eigenvalue weighted by Gasteiger charge is 2.12. The largest absolute Gasteiger partial charge is 0.490 e. The number of carbonyl (C=O) groups excluding carboxylic acids is 1. The fourth-order valence-corrected chi connectivity index (χ4v) is 1.80. The molecule has 0 aliphatic heterocycles. The van der Waals surface area contributed by atoms with Gasteiger partial charge in [0.05, 0.1) is 20.3 Å². The quantitative estimate of drug-likeness (QED) is 0.712. The lowest BCUT2D eigenvalue weighted by atomic mass is 10.2. The molecule has 0 saturated carbocycles. The Labute approximate surface area is 128 Å². The SMILES string of the molecule is CCOc1ccc(-c2nnn(CC(=O)OC)n2)cc1OCC. The summed E-state index contributed by atoms with van der Waals surface area (Å²) in [5.41, 5.74) is 0.725. The molecule has 8 nitrogen and oxygen atoms in total. The molecule has 1 aromatic carbocycles. The molecule has 0 unspecified atom stereocenters. The summed E-state index contributed by atoms with van der Waals surface area (Å²) < 4.78 is 15.6. The van der Waals surface area contributed by atoms with Crippen molar-refractivity contribution in [1.82, 2.24) is 20.2 Å². The molecule has 1 aromatic heterocycles. The highest BCUT2D eigenvalue weighted by atomic mass is 16.5. The van der Waals surface area contributed by atoms with E-state index in [2.05, 4.69) is 20.1 Å². The van der Waals surface area contributed by atoms with Crippen LogP contribution >= 0.6 is 0 Å². The van der Waals surface area contributed by atoms with E-state index in [0.29, 0.717) is 30.5 Å². The van der Waals surface area contributed by atoms with Gasteiger partial charge < -0.3 is 14.2 Å². The average Bonchev–Trinajstić information content (AvgIpc) is 2.98. The van der Waals surface area contributed by atoms with Gasteiger partial charge in [-0.1, -0.05) is 0 Å². The molecule has 0 spiro atoms. The number of carbonyl (C=O) groups is 1. The fraction of sp³-hybridized carbons (Fsp3) is 0.429. The number of ether oxygens (including phenoxy) is 3. The van der Waals surface area contributed by atoms with Crippen LogP contribution in [-0.4, -0.2) is 46.5 Å². The minimum atomic E-state index is -0.439. The smallest absolute Gasteiger partial charge is 0.329 e. The predicted molar refractivity (Wildman–Crippen MR) is 77.6 cm³/mol. The minimum Gasteiger partial charge on any atom is -0.490 e. The lowest BCUT2D eigenvalue weighted by Gasteiger charge is -2.11. The van der Waals surface area contributed by atoms with E-state index in [9.17, 15) is 4.79 Å². The molecule has 22 heavy (non-hydrogen) atoms. The van der Waals surface area contributed by atoms with Gasteiger partial charge in [-0.15, -0.1) is 10.2 Å². The summed E-state index contributed by atoms with van der Waals surface area (Å²) in [5, 5.41) is 11.9. The molecule has 1 heterocycles. The van der Waals surface area contributed by atoms with Crippen LogP contribution in [0.2, 0.25) is 0 Å². The molecule has 0 N–H and O–H groups in total. The van der Waals surface area contributed by atoms with Gasteiger partial charge in [0.25, 0.3) is 0 Å². The number of methoxy groups -OCH3 is 1. The molecule has 0 fully saturated rings. The molecule has 0 atom stereocenters. The van der Waals surface area contributed by atoms with Crippen molar-refractivity contribution in [3.8, 4) is 22.9 Å². The molecule has 0 aliphatic rings. The first-order valence-corrected chi connectivity index (χ1v) is 6.92. The number of hydrogen-bond donors (Lipinski definition) is 0. The van der Waals surface area contributed by atoms with Crippen molar-refractivity contribution in [2.24, 2.45) is 0 Å². The van der Waals surface area contributed by atoms with E-state index in [0.717, 1.165) is 5.56 Å². The maximum Gasteiger partial charge on any atom is 0.329 e. The molecule has 8 heteroatoms. The number of benzene rings is 1. The van der Waals surface area contributed by atoms with E-state index in [1.54, 1.807) is 12.1 Å². The fourth-order valence-electron chi connectivity index (χ4n) is 1.80. The zero-order chi connectivity index (χ0) is 15.9. The van der Waals surface area contributed by atoms with Crippen molar-refractivity contribution in [3.05, 3.63) is 18.2 Å². The molecule has 0 radical (unpaired) electrons. The van der Waals surface area contributed by atoms with Crippen molar-refractivity contribution in [2.75, 3.05) is 20.3 Å². The predicted octanol–water partition coefficient (Wildman–Crippen LogP) is 1.31. The maximum atomic E-state index is 11.2. The zero-order valence-corrected chi connectivity index (χ0v) is 12.8. The number of tetrazole rings is 1. The molecule has 0 aliphatic carbocycles. The van der Waals surface area contributed by atoms with Gasteiger partial charge in [0, 0.05) is 5.56 Å². The zero-order valence-electron chi connectivity index (χ0n) is 12.8. The number of esters is 1. The van der Waals surface area contributed by atoms with E-state index in [-0.39, 0.29) is 6.54 Å². The van der Waals surface area contributed by atoms with Crippen molar-refractivity contribution in [1.29, 1.82) is 0 Å². The lowest BCUT2D eigenvalue weighted by molar-refractivity contribution is -0.141. The number of rotatable bonds is 7.